The van der Waals surface area contributed by atoms with E-state index in [1.54, 1.807) is 0 Å². The third-order valence-corrected chi connectivity index (χ3v) is 4.81. The SMILES string of the molecule is O=C(Cc1ccc(F)cc1F)NC1CCOC2(C1)CC(C(=O)O)C2. The van der Waals surface area contributed by atoms with Gasteiger partial charge in [0.15, 0.2) is 0 Å². The molecule has 2 N–H and O–H groups in total. The Balaban J connectivity index is 1.54. The van der Waals surface area contributed by atoms with Gasteiger partial charge in [-0.15, -0.1) is 0 Å². The molecule has 0 aromatic heterocycles. The maximum Gasteiger partial charge on any atom is 0.306 e. The van der Waals surface area contributed by atoms with Gasteiger partial charge < -0.3 is 15.2 Å². The van der Waals surface area contributed by atoms with Crippen LogP contribution in [0, 0.1) is 17.6 Å². The van der Waals surface area contributed by atoms with Gasteiger partial charge in [-0.05, 0) is 37.3 Å². The van der Waals surface area contributed by atoms with Crippen LogP contribution < -0.4 is 5.32 Å². The number of carbonyl (C=O) groups is 2. The van der Waals surface area contributed by atoms with Crippen LogP contribution in [0.25, 0.3) is 0 Å². The Morgan fingerprint density at radius 2 is 2.04 bits per heavy atom. The van der Waals surface area contributed by atoms with Crippen molar-refractivity contribution < 1.29 is 28.2 Å². The van der Waals surface area contributed by atoms with Crippen molar-refractivity contribution in [2.45, 2.75) is 43.7 Å². The van der Waals surface area contributed by atoms with E-state index in [4.69, 9.17) is 9.84 Å². The number of carboxylic acid groups (broad SMARTS) is 1. The molecule has 1 heterocycles. The normalized spacial score (nSPS) is 29.1. The standard InChI is InChI=1S/C17H19F2NO4/c18-12-2-1-10(14(19)6-12)5-15(21)20-13-3-4-24-17(9-13)7-11(8-17)16(22)23/h1-2,6,11,13H,3-5,7-9H2,(H,20,21)(H,22,23). The van der Waals surface area contributed by atoms with Gasteiger partial charge in [-0.25, -0.2) is 8.78 Å². The summed E-state index contributed by atoms with van der Waals surface area (Å²) in [6.45, 7) is 0.461. The van der Waals surface area contributed by atoms with Crippen LogP contribution in [-0.2, 0) is 20.7 Å². The fourth-order valence-corrected chi connectivity index (χ4v) is 3.57. The fraction of sp³-hybridized carbons (Fsp3) is 0.529. The summed E-state index contributed by atoms with van der Waals surface area (Å²) in [5.74, 6) is -2.95. The molecule has 1 saturated carbocycles. The highest BCUT2D eigenvalue weighted by Gasteiger charge is 2.51. The number of hydrogen-bond acceptors (Lipinski definition) is 3. The predicted molar refractivity (Wildman–Crippen MR) is 80.3 cm³/mol. The lowest BCUT2D eigenvalue weighted by Crippen LogP contribution is -2.56. The van der Waals surface area contributed by atoms with Crippen molar-refractivity contribution in [3.8, 4) is 0 Å². The first-order chi connectivity index (χ1) is 11.4. The van der Waals surface area contributed by atoms with Crippen molar-refractivity contribution in [1.82, 2.24) is 5.32 Å². The minimum absolute atomic E-state index is 0.121. The lowest BCUT2D eigenvalue weighted by molar-refractivity contribution is -0.182. The minimum Gasteiger partial charge on any atom is -0.481 e. The van der Waals surface area contributed by atoms with E-state index in [1.165, 1.54) is 6.07 Å². The van der Waals surface area contributed by atoms with Gasteiger partial charge in [0, 0.05) is 18.7 Å². The number of ether oxygens (including phenoxy) is 1. The molecule has 0 bridgehead atoms. The molecule has 2 fully saturated rings. The van der Waals surface area contributed by atoms with Crippen molar-refractivity contribution in [3.05, 3.63) is 35.4 Å². The Morgan fingerprint density at radius 1 is 1.29 bits per heavy atom. The molecule has 1 aliphatic heterocycles. The molecule has 1 amide bonds. The van der Waals surface area contributed by atoms with E-state index in [-0.39, 0.29) is 29.9 Å². The summed E-state index contributed by atoms with van der Waals surface area (Å²) >= 11 is 0. The van der Waals surface area contributed by atoms with Crippen LogP contribution in [0.2, 0.25) is 0 Å². The Morgan fingerprint density at radius 3 is 2.71 bits per heavy atom. The van der Waals surface area contributed by atoms with Gasteiger partial charge in [0.25, 0.3) is 0 Å². The quantitative estimate of drug-likeness (QED) is 0.880. The number of benzene rings is 1. The number of carboxylic acids is 1. The fourth-order valence-electron chi connectivity index (χ4n) is 3.57. The second kappa shape index (κ2) is 6.47. The molecular formula is C17H19F2NO4. The number of carbonyl (C=O) groups excluding carboxylic acids is 1. The molecule has 1 spiro atoms. The van der Waals surface area contributed by atoms with E-state index in [9.17, 15) is 18.4 Å². The molecular weight excluding hydrogens is 320 g/mol. The topological polar surface area (TPSA) is 75.6 Å². The van der Waals surface area contributed by atoms with E-state index < -0.39 is 23.2 Å². The minimum atomic E-state index is -0.817. The third kappa shape index (κ3) is 3.56. The Bertz CT molecular complexity index is 658. The molecule has 1 atom stereocenters. The second-order valence-electron chi connectivity index (χ2n) is 6.64. The van der Waals surface area contributed by atoms with Crippen molar-refractivity contribution in [1.29, 1.82) is 0 Å². The van der Waals surface area contributed by atoms with Crippen LogP contribution in [0.3, 0.4) is 0 Å². The number of hydrogen-bond donors (Lipinski definition) is 2. The molecule has 0 radical (unpaired) electrons. The van der Waals surface area contributed by atoms with E-state index >= 15 is 0 Å². The first kappa shape index (κ1) is 16.8. The summed E-state index contributed by atoms with van der Waals surface area (Å²) in [7, 11) is 0. The zero-order valence-electron chi connectivity index (χ0n) is 13.1. The molecule has 24 heavy (non-hydrogen) atoms. The smallest absolute Gasteiger partial charge is 0.306 e. The first-order valence-electron chi connectivity index (χ1n) is 7.97. The van der Waals surface area contributed by atoms with Crippen LogP contribution in [0.5, 0.6) is 0 Å². The monoisotopic (exact) mass is 339 g/mol. The maximum atomic E-state index is 13.6. The zero-order valence-corrected chi connectivity index (χ0v) is 13.1. The number of halogens is 2. The van der Waals surface area contributed by atoms with Gasteiger partial charge in [-0.2, -0.15) is 0 Å². The lowest BCUT2D eigenvalue weighted by Gasteiger charge is -2.50. The van der Waals surface area contributed by atoms with E-state index in [0.717, 1.165) is 12.1 Å². The van der Waals surface area contributed by atoms with E-state index in [0.29, 0.717) is 32.3 Å². The highest BCUT2D eigenvalue weighted by molar-refractivity contribution is 5.79. The lowest BCUT2D eigenvalue weighted by atomic mass is 9.66. The van der Waals surface area contributed by atoms with Crippen LogP contribution in [-0.4, -0.2) is 35.2 Å². The first-order valence-corrected chi connectivity index (χ1v) is 7.97. The van der Waals surface area contributed by atoms with Gasteiger partial charge in [-0.3, -0.25) is 9.59 Å². The van der Waals surface area contributed by atoms with Crippen LogP contribution in [0.4, 0.5) is 8.78 Å². The summed E-state index contributed by atoms with van der Waals surface area (Å²) in [6, 6.07) is 3.02. The number of nitrogens with one attached hydrogen (secondary N) is 1. The van der Waals surface area contributed by atoms with Crippen molar-refractivity contribution in [2.24, 2.45) is 5.92 Å². The summed E-state index contributed by atoms with van der Waals surface area (Å²) in [4.78, 5) is 23.0. The Kier molecular flexibility index (Phi) is 4.54. The summed E-state index contributed by atoms with van der Waals surface area (Å²) in [5, 5.41) is 11.8. The van der Waals surface area contributed by atoms with E-state index in [2.05, 4.69) is 5.32 Å². The predicted octanol–water partition coefficient (Wildman–Crippen LogP) is 2.04. The highest BCUT2D eigenvalue weighted by Crippen LogP contribution is 2.46. The van der Waals surface area contributed by atoms with Crippen LogP contribution >= 0.6 is 0 Å². The summed E-state index contributed by atoms with van der Waals surface area (Å²) in [5.41, 5.74) is -0.314. The number of aliphatic carboxylic acids is 1. The van der Waals surface area contributed by atoms with Gasteiger partial charge >= 0.3 is 5.97 Å². The zero-order chi connectivity index (χ0) is 17.3. The maximum absolute atomic E-state index is 13.6. The van der Waals surface area contributed by atoms with E-state index in [1.807, 2.05) is 0 Å². The second-order valence-corrected chi connectivity index (χ2v) is 6.64. The van der Waals surface area contributed by atoms with Gasteiger partial charge in [0.05, 0.1) is 17.9 Å². The van der Waals surface area contributed by atoms with Gasteiger partial charge in [0.1, 0.15) is 11.6 Å². The molecule has 130 valence electrons. The third-order valence-electron chi connectivity index (χ3n) is 4.81. The molecule has 1 saturated heterocycles. The van der Waals surface area contributed by atoms with Gasteiger partial charge in [0.2, 0.25) is 5.91 Å². The molecule has 1 unspecified atom stereocenters. The van der Waals surface area contributed by atoms with Crippen LogP contribution in [0.1, 0.15) is 31.2 Å². The average molecular weight is 339 g/mol. The molecule has 1 aliphatic carbocycles. The highest BCUT2D eigenvalue weighted by atomic mass is 19.1. The average Bonchev–Trinajstić information content (AvgIpc) is 2.47. The number of amides is 1. The van der Waals surface area contributed by atoms with Crippen molar-refractivity contribution in [3.63, 3.8) is 0 Å². The molecule has 3 rings (SSSR count). The largest absolute Gasteiger partial charge is 0.481 e. The molecule has 1 aromatic carbocycles. The van der Waals surface area contributed by atoms with Crippen molar-refractivity contribution >= 4 is 11.9 Å². The Hall–Kier alpha value is -2.02. The number of rotatable bonds is 4. The Labute approximate surface area is 138 Å². The molecule has 5 nitrogen and oxygen atoms in total. The summed E-state index contributed by atoms with van der Waals surface area (Å²) in [6.07, 6.45) is 1.96. The van der Waals surface area contributed by atoms with Gasteiger partial charge in [-0.1, -0.05) is 6.07 Å². The molecule has 7 heteroatoms. The molecule has 1 aromatic rings. The van der Waals surface area contributed by atoms with Crippen molar-refractivity contribution in [2.75, 3.05) is 6.61 Å². The summed E-state index contributed by atoms with van der Waals surface area (Å²) < 4.78 is 32.2. The van der Waals surface area contributed by atoms with Crippen LogP contribution in [0.15, 0.2) is 18.2 Å². The molecule has 2 aliphatic rings.